The molecule has 0 aliphatic heterocycles. The van der Waals surface area contributed by atoms with E-state index in [2.05, 4.69) is 10.6 Å². The molecular formula is C12H20N2O3. The first kappa shape index (κ1) is 12.2. The fourth-order valence-corrected chi connectivity index (χ4v) is 2.57. The summed E-state index contributed by atoms with van der Waals surface area (Å²) in [6.07, 6.45) is 6.41. The molecule has 96 valence electrons. The average Bonchev–Trinajstić information content (AvgIpc) is 2.65. The van der Waals surface area contributed by atoms with Gasteiger partial charge in [0.1, 0.15) is 5.54 Å². The normalized spacial score (nSPS) is 22.8. The van der Waals surface area contributed by atoms with Crippen molar-refractivity contribution in [2.75, 3.05) is 6.54 Å². The Bertz CT molecular complexity index is 307. The second-order valence-electron chi connectivity index (χ2n) is 5.23. The molecule has 2 aliphatic carbocycles. The van der Waals surface area contributed by atoms with E-state index in [0.717, 1.165) is 12.8 Å². The highest BCUT2D eigenvalue weighted by Gasteiger charge is 2.42. The quantitative estimate of drug-likeness (QED) is 0.696. The fourth-order valence-electron chi connectivity index (χ4n) is 2.57. The van der Waals surface area contributed by atoms with Crippen LogP contribution < -0.4 is 10.6 Å². The molecule has 0 saturated heterocycles. The molecule has 5 heteroatoms. The molecule has 0 aromatic carbocycles. The van der Waals surface area contributed by atoms with E-state index in [9.17, 15) is 14.7 Å². The van der Waals surface area contributed by atoms with Gasteiger partial charge in [-0.05, 0) is 31.6 Å². The van der Waals surface area contributed by atoms with Crippen molar-refractivity contribution in [3.05, 3.63) is 0 Å². The molecule has 0 radical (unpaired) electrons. The van der Waals surface area contributed by atoms with Gasteiger partial charge in [0.25, 0.3) is 0 Å². The number of nitrogens with one attached hydrogen (secondary N) is 2. The third kappa shape index (κ3) is 2.70. The van der Waals surface area contributed by atoms with Crippen LogP contribution in [-0.4, -0.2) is 29.2 Å². The fraction of sp³-hybridized carbons (Fsp3) is 0.833. The zero-order valence-corrected chi connectivity index (χ0v) is 10.00. The van der Waals surface area contributed by atoms with Crippen LogP contribution in [0.15, 0.2) is 0 Å². The summed E-state index contributed by atoms with van der Waals surface area (Å²) in [6, 6.07) is -0.332. The number of urea groups is 1. The summed E-state index contributed by atoms with van der Waals surface area (Å²) in [5.74, 6) is -0.320. The molecule has 0 atom stereocenters. The molecule has 0 bridgehead atoms. The van der Waals surface area contributed by atoms with E-state index >= 15 is 0 Å². The van der Waals surface area contributed by atoms with E-state index in [1.165, 1.54) is 19.3 Å². The van der Waals surface area contributed by atoms with Gasteiger partial charge in [0.05, 0.1) is 0 Å². The van der Waals surface area contributed by atoms with Gasteiger partial charge >= 0.3 is 12.0 Å². The van der Waals surface area contributed by atoms with Gasteiger partial charge in [-0.25, -0.2) is 9.59 Å². The lowest BCUT2D eigenvalue weighted by molar-refractivity contribution is -0.144. The van der Waals surface area contributed by atoms with Gasteiger partial charge < -0.3 is 15.7 Å². The Kier molecular flexibility index (Phi) is 3.54. The lowest BCUT2D eigenvalue weighted by atomic mass is 9.85. The maximum Gasteiger partial charge on any atom is 0.329 e. The number of amides is 2. The predicted molar refractivity (Wildman–Crippen MR) is 62.7 cm³/mol. The second kappa shape index (κ2) is 4.94. The lowest BCUT2D eigenvalue weighted by Crippen LogP contribution is -2.56. The van der Waals surface area contributed by atoms with Crippen molar-refractivity contribution in [3.63, 3.8) is 0 Å². The van der Waals surface area contributed by atoms with Gasteiger partial charge in [0, 0.05) is 6.54 Å². The largest absolute Gasteiger partial charge is 0.480 e. The van der Waals surface area contributed by atoms with E-state index < -0.39 is 11.5 Å². The SMILES string of the molecule is O=C(NCC1CCC1)NC1(C(=O)O)CCCC1. The van der Waals surface area contributed by atoms with E-state index in [0.29, 0.717) is 25.3 Å². The first-order valence-corrected chi connectivity index (χ1v) is 6.42. The molecule has 2 amide bonds. The van der Waals surface area contributed by atoms with E-state index in [1.54, 1.807) is 0 Å². The van der Waals surface area contributed by atoms with Crippen LogP contribution in [0.3, 0.4) is 0 Å². The molecule has 5 nitrogen and oxygen atoms in total. The minimum absolute atomic E-state index is 0.332. The number of carboxylic acids is 1. The van der Waals surface area contributed by atoms with Crippen LogP contribution >= 0.6 is 0 Å². The van der Waals surface area contributed by atoms with Crippen LogP contribution in [0, 0.1) is 5.92 Å². The summed E-state index contributed by atoms with van der Waals surface area (Å²) in [7, 11) is 0. The van der Waals surface area contributed by atoms with Crippen LogP contribution in [0.2, 0.25) is 0 Å². The van der Waals surface area contributed by atoms with Gasteiger partial charge in [-0.3, -0.25) is 0 Å². The highest BCUT2D eigenvalue weighted by atomic mass is 16.4. The second-order valence-corrected chi connectivity index (χ2v) is 5.23. The number of hydrogen-bond acceptors (Lipinski definition) is 2. The number of carboxylic acid groups (broad SMARTS) is 1. The van der Waals surface area contributed by atoms with Crippen LogP contribution in [0.5, 0.6) is 0 Å². The molecule has 2 aliphatic rings. The molecule has 2 fully saturated rings. The molecule has 17 heavy (non-hydrogen) atoms. The lowest BCUT2D eigenvalue weighted by Gasteiger charge is -2.28. The van der Waals surface area contributed by atoms with Gasteiger partial charge in [-0.2, -0.15) is 0 Å². The standard InChI is InChI=1S/C12H20N2O3/c15-10(16)12(6-1-2-7-12)14-11(17)13-8-9-4-3-5-9/h9H,1-8H2,(H,15,16)(H2,13,14,17). The summed E-state index contributed by atoms with van der Waals surface area (Å²) in [6.45, 7) is 0.668. The van der Waals surface area contributed by atoms with E-state index in [4.69, 9.17) is 0 Å². The number of carbonyl (C=O) groups excluding carboxylic acids is 1. The number of rotatable bonds is 4. The van der Waals surface area contributed by atoms with Crippen LogP contribution in [-0.2, 0) is 4.79 Å². The Morgan fingerprint density at radius 3 is 2.29 bits per heavy atom. The van der Waals surface area contributed by atoms with Crippen molar-refractivity contribution in [2.24, 2.45) is 5.92 Å². The van der Waals surface area contributed by atoms with Crippen LogP contribution in [0.25, 0.3) is 0 Å². The molecule has 2 rings (SSSR count). The number of aliphatic carboxylic acids is 1. The smallest absolute Gasteiger partial charge is 0.329 e. The molecular weight excluding hydrogens is 220 g/mol. The molecule has 0 aromatic rings. The van der Waals surface area contributed by atoms with Gasteiger partial charge in [0.15, 0.2) is 0 Å². The van der Waals surface area contributed by atoms with Gasteiger partial charge in [-0.1, -0.05) is 19.3 Å². The third-order valence-electron chi connectivity index (χ3n) is 4.00. The molecule has 3 N–H and O–H groups in total. The minimum atomic E-state index is -1.02. The maximum absolute atomic E-state index is 11.7. The zero-order valence-electron chi connectivity index (χ0n) is 10.00. The summed E-state index contributed by atoms with van der Waals surface area (Å²) in [5, 5.41) is 14.6. The van der Waals surface area contributed by atoms with Crippen molar-refractivity contribution < 1.29 is 14.7 Å². The topological polar surface area (TPSA) is 78.4 Å². The summed E-state index contributed by atoms with van der Waals surface area (Å²) in [4.78, 5) is 22.9. The van der Waals surface area contributed by atoms with Crippen LogP contribution in [0.1, 0.15) is 44.9 Å². The Morgan fingerprint density at radius 1 is 1.18 bits per heavy atom. The maximum atomic E-state index is 11.7. The van der Waals surface area contributed by atoms with Gasteiger partial charge in [0.2, 0.25) is 0 Å². The van der Waals surface area contributed by atoms with Gasteiger partial charge in [-0.15, -0.1) is 0 Å². The first-order valence-electron chi connectivity index (χ1n) is 6.42. The average molecular weight is 240 g/mol. The zero-order chi connectivity index (χ0) is 12.3. The molecule has 0 aromatic heterocycles. The minimum Gasteiger partial charge on any atom is -0.480 e. The molecule has 0 spiro atoms. The van der Waals surface area contributed by atoms with Crippen molar-refractivity contribution in [1.82, 2.24) is 10.6 Å². The van der Waals surface area contributed by atoms with E-state index in [1.807, 2.05) is 0 Å². The number of carbonyl (C=O) groups is 2. The van der Waals surface area contributed by atoms with Crippen LogP contribution in [0.4, 0.5) is 4.79 Å². The highest BCUT2D eigenvalue weighted by molar-refractivity contribution is 5.86. The summed E-state index contributed by atoms with van der Waals surface area (Å²) >= 11 is 0. The number of hydrogen-bond donors (Lipinski definition) is 3. The Morgan fingerprint density at radius 2 is 1.82 bits per heavy atom. The Balaban J connectivity index is 1.80. The van der Waals surface area contributed by atoms with Crippen molar-refractivity contribution in [2.45, 2.75) is 50.5 Å². The third-order valence-corrected chi connectivity index (χ3v) is 4.00. The summed E-state index contributed by atoms with van der Waals surface area (Å²) < 4.78 is 0. The Hall–Kier alpha value is -1.26. The van der Waals surface area contributed by atoms with E-state index in [-0.39, 0.29) is 6.03 Å². The Labute approximate surface area is 101 Å². The van der Waals surface area contributed by atoms with Crippen molar-refractivity contribution >= 4 is 12.0 Å². The monoisotopic (exact) mass is 240 g/mol. The molecule has 0 heterocycles. The van der Waals surface area contributed by atoms with Crippen molar-refractivity contribution in [1.29, 1.82) is 0 Å². The molecule has 0 unspecified atom stereocenters. The first-order chi connectivity index (χ1) is 8.12. The van der Waals surface area contributed by atoms with Crippen molar-refractivity contribution in [3.8, 4) is 0 Å². The predicted octanol–water partition coefficient (Wildman–Crippen LogP) is 1.48. The molecule has 2 saturated carbocycles. The highest BCUT2D eigenvalue weighted by Crippen LogP contribution is 2.30. The summed E-state index contributed by atoms with van der Waals surface area (Å²) in [5.41, 5.74) is -1.02.